The molecule has 0 bridgehead atoms. The summed E-state index contributed by atoms with van der Waals surface area (Å²) in [5.41, 5.74) is 7.93. The quantitative estimate of drug-likeness (QED) is 0.155. The second-order valence-electron chi connectivity index (χ2n) is 14.7. The minimum absolute atomic E-state index is 0.00757. The Morgan fingerprint density at radius 2 is 0.797 bits per heavy atom. The van der Waals surface area contributed by atoms with Crippen LogP contribution in [-0.2, 0) is 0 Å². The number of hydrogen-bond acceptors (Lipinski definition) is 10. The van der Waals surface area contributed by atoms with E-state index in [1.165, 1.54) is 22.7 Å². The number of hydrogen-bond donors (Lipinski definition) is 0. The summed E-state index contributed by atoms with van der Waals surface area (Å²) in [7, 11) is 0. The molecule has 0 amide bonds. The van der Waals surface area contributed by atoms with Crippen molar-refractivity contribution in [1.29, 1.82) is 21.0 Å². The van der Waals surface area contributed by atoms with Crippen LogP contribution < -0.4 is 18.1 Å². The Morgan fingerprint density at radius 1 is 0.438 bits per heavy atom. The van der Waals surface area contributed by atoms with Crippen molar-refractivity contribution < 1.29 is 17.6 Å². The molecule has 310 valence electrons. The Balaban J connectivity index is 1.28. The van der Waals surface area contributed by atoms with E-state index in [9.17, 15) is 29.8 Å². The Morgan fingerprint density at radius 3 is 1.14 bits per heavy atom. The molecule has 9 rings (SSSR count). The maximum absolute atomic E-state index is 15.1. The van der Waals surface area contributed by atoms with Gasteiger partial charge < -0.3 is 0 Å². The standard InChI is InChI=1S/C50H26F4N4S6/c1-23-7-5-8-24(2)39(23)41-31-17-35(33-13-11-29(59-33)15-37-43(51)45(53)47(63-37)27(19-55)20-56)62-50(31)42(40-25(3)9-6-10-26(40)4)32-18-36(61-49(32)41)34-14-12-30(60-34)16-38-44(52)46(54)48(64-38)28(21-57)22-58/h5-18H,1-4H3/b37-15-,38-16-. The monoisotopic (exact) mass is 950 g/mol. The average Bonchev–Trinajstić information content (AvgIpc) is 4.15. The van der Waals surface area contributed by atoms with Gasteiger partial charge in [0, 0.05) is 60.6 Å². The third-order valence-corrected chi connectivity index (χ3v) is 17.7. The predicted molar refractivity (Wildman–Crippen MR) is 257 cm³/mol. The molecule has 0 radical (unpaired) electrons. The molecule has 6 aromatic heterocycles. The summed E-state index contributed by atoms with van der Waals surface area (Å²) >= 11 is 7.67. The van der Waals surface area contributed by atoms with E-state index in [1.54, 1.807) is 59.1 Å². The Hall–Kier alpha value is -6.46. The molecule has 14 heteroatoms. The zero-order valence-corrected chi connectivity index (χ0v) is 38.7. The maximum Gasteiger partial charge on any atom is 0.179 e. The number of benzene rings is 3. The number of fused-ring (bicyclic) bond motifs is 2. The van der Waals surface area contributed by atoms with Gasteiger partial charge in [-0.05, 0) is 110 Å². The summed E-state index contributed by atoms with van der Waals surface area (Å²) in [6.07, 6.45) is 3.08. The van der Waals surface area contributed by atoms with Crippen molar-refractivity contribution in [2.24, 2.45) is 0 Å². The van der Waals surface area contributed by atoms with Gasteiger partial charge in [-0.1, -0.05) is 36.4 Å². The molecular weight excluding hydrogens is 925 g/mol. The molecule has 0 N–H and O–H groups in total. The van der Waals surface area contributed by atoms with E-state index < -0.39 is 34.4 Å². The van der Waals surface area contributed by atoms with Crippen molar-refractivity contribution in [2.75, 3.05) is 0 Å². The lowest BCUT2D eigenvalue weighted by Gasteiger charge is -2.18. The fraction of sp³-hybridized carbons (Fsp3) is 0.0800. The van der Waals surface area contributed by atoms with E-state index in [4.69, 9.17) is 0 Å². The van der Waals surface area contributed by atoms with Gasteiger partial charge >= 0.3 is 0 Å². The summed E-state index contributed by atoms with van der Waals surface area (Å²) in [5, 5.41) is 39.3. The first-order valence-electron chi connectivity index (χ1n) is 19.2. The molecule has 0 aliphatic carbocycles. The first kappa shape index (κ1) is 42.8. The van der Waals surface area contributed by atoms with Gasteiger partial charge in [0.1, 0.15) is 35.4 Å². The van der Waals surface area contributed by atoms with Crippen LogP contribution in [0, 0.1) is 96.3 Å². The molecule has 3 aromatic carbocycles. The van der Waals surface area contributed by atoms with Crippen molar-refractivity contribution in [3.63, 3.8) is 0 Å². The second-order valence-corrected chi connectivity index (χ2v) is 21.2. The molecule has 0 saturated carbocycles. The van der Waals surface area contributed by atoms with Crippen LogP contribution in [0.3, 0.4) is 0 Å². The molecule has 4 nitrogen and oxygen atoms in total. The topological polar surface area (TPSA) is 95.2 Å². The first-order valence-corrected chi connectivity index (χ1v) is 24.1. The Bertz CT molecular complexity index is 3520. The molecule has 0 spiro atoms. The van der Waals surface area contributed by atoms with Crippen LogP contribution in [0.25, 0.3) is 85.2 Å². The van der Waals surface area contributed by atoms with Crippen LogP contribution in [0.15, 0.2) is 72.8 Å². The van der Waals surface area contributed by atoms with Gasteiger partial charge in [-0.15, -0.1) is 68.0 Å². The lowest BCUT2D eigenvalue weighted by atomic mass is 9.87. The number of rotatable bonds is 6. The molecule has 9 aromatic rings. The highest BCUT2D eigenvalue weighted by atomic mass is 32.1. The summed E-state index contributed by atoms with van der Waals surface area (Å²) in [6, 6.07) is 31.2. The average molecular weight is 951 g/mol. The highest BCUT2D eigenvalue weighted by molar-refractivity contribution is 7.28. The minimum atomic E-state index is -1.21. The van der Waals surface area contributed by atoms with Crippen LogP contribution >= 0.6 is 68.0 Å². The first-order chi connectivity index (χ1) is 30.8. The van der Waals surface area contributed by atoms with Gasteiger partial charge in [0.2, 0.25) is 0 Å². The van der Waals surface area contributed by atoms with Crippen molar-refractivity contribution in [3.05, 3.63) is 146 Å². The van der Waals surface area contributed by atoms with E-state index in [0.29, 0.717) is 9.75 Å². The summed E-state index contributed by atoms with van der Waals surface area (Å²) in [4.78, 5) is 5.21. The zero-order valence-electron chi connectivity index (χ0n) is 33.8. The highest BCUT2D eigenvalue weighted by Crippen LogP contribution is 2.54. The molecular formula is C50H26F4N4S6. The molecule has 0 atom stereocenters. The van der Waals surface area contributed by atoms with Gasteiger partial charge in [-0.3, -0.25) is 0 Å². The normalized spacial score (nSPS) is 11.9. The van der Waals surface area contributed by atoms with Crippen LogP contribution in [0.5, 0.6) is 0 Å². The van der Waals surface area contributed by atoms with E-state index in [2.05, 4.69) is 76.2 Å². The van der Waals surface area contributed by atoms with Gasteiger partial charge in [-0.25, -0.2) is 17.6 Å². The lowest BCUT2D eigenvalue weighted by molar-refractivity contribution is 0.507. The summed E-state index contributed by atoms with van der Waals surface area (Å²) in [5.74, 6) is -4.61. The van der Waals surface area contributed by atoms with Crippen LogP contribution in [0.2, 0.25) is 0 Å². The Labute approximate surface area is 387 Å². The SMILES string of the molecule is Cc1cccc(C)c1-c1c2cc(-c3ccc(/C=c4\sc(=C(C#N)C#N)c(F)c4F)s3)sc2c(-c2c(C)cccc2C)c2cc(-c3ccc(/C=c4\sc(=C(C#N)C#N)c(F)c4F)s3)sc12. The largest absolute Gasteiger partial charge is 0.202 e. The summed E-state index contributed by atoms with van der Waals surface area (Å²) in [6.45, 7) is 8.45. The third-order valence-electron chi connectivity index (χ3n) is 10.7. The Kier molecular flexibility index (Phi) is 11.3. The van der Waals surface area contributed by atoms with Crippen LogP contribution in [0.1, 0.15) is 32.0 Å². The van der Waals surface area contributed by atoms with Crippen molar-refractivity contribution >= 4 is 111 Å². The molecule has 0 aliphatic heterocycles. The van der Waals surface area contributed by atoms with Crippen molar-refractivity contribution in [3.8, 4) is 66.0 Å². The fourth-order valence-electron chi connectivity index (χ4n) is 7.89. The van der Waals surface area contributed by atoms with Gasteiger partial charge in [0.05, 0.1) is 18.1 Å². The molecule has 6 heterocycles. The van der Waals surface area contributed by atoms with Gasteiger partial charge in [0.15, 0.2) is 23.3 Å². The molecule has 0 fully saturated rings. The second kappa shape index (κ2) is 16.9. The molecule has 64 heavy (non-hydrogen) atoms. The smallest absolute Gasteiger partial charge is 0.179 e. The highest BCUT2D eigenvalue weighted by Gasteiger charge is 2.26. The number of halogens is 4. The van der Waals surface area contributed by atoms with E-state index >= 15 is 8.78 Å². The van der Waals surface area contributed by atoms with Gasteiger partial charge in [-0.2, -0.15) is 21.0 Å². The number of nitriles is 4. The van der Waals surface area contributed by atoms with Crippen molar-refractivity contribution in [1.82, 2.24) is 0 Å². The van der Waals surface area contributed by atoms with Crippen LogP contribution in [-0.4, -0.2) is 0 Å². The number of thiophene rings is 6. The molecule has 0 aliphatic rings. The van der Waals surface area contributed by atoms with E-state index in [-0.39, 0.29) is 18.1 Å². The predicted octanol–water partition coefficient (Wildman–Crippen LogP) is 12.9. The van der Waals surface area contributed by atoms with E-state index in [1.807, 2.05) is 24.3 Å². The maximum atomic E-state index is 15.1. The molecule has 0 saturated heterocycles. The van der Waals surface area contributed by atoms with Gasteiger partial charge in [0.25, 0.3) is 0 Å². The third kappa shape index (κ3) is 7.19. The lowest BCUT2D eigenvalue weighted by Crippen LogP contribution is -2.03. The van der Waals surface area contributed by atoms with Crippen LogP contribution in [0.4, 0.5) is 17.6 Å². The zero-order chi connectivity index (χ0) is 45.1. The molecule has 0 unspecified atom stereocenters. The van der Waals surface area contributed by atoms with E-state index in [0.717, 1.165) is 107 Å². The fourth-order valence-corrected chi connectivity index (χ4v) is 14.5. The minimum Gasteiger partial charge on any atom is -0.202 e. The number of nitrogens with zero attached hydrogens (tertiary/aromatic N) is 4. The summed E-state index contributed by atoms with van der Waals surface area (Å²) < 4.78 is 61.4. The van der Waals surface area contributed by atoms with Crippen molar-refractivity contribution in [2.45, 2.75) is 27.7 Å². The number of aryl methyl sites for hydroxylation is 4.